The number of hydrogen-bond donors (Lipinski definition) is 2. The van der Waals surface area contributed by atoms with Crippen molar-refractivity contribution < 1.29 is 23.9 Å². The lowest BCUT2D eigenvalue weighted by atomic mass is 10.0. The molecular formula is C21H18N4O5. The number of hydrogen-bond acceptors (Lipinski definition) is 6. The zero-order valence-corrected chi connectivity index (χ0v) is 16.0. The molecule has 0 unspecified atom stereocenters. The van der Waals surface area contributed by atoms with Crippen molar-refractivity contribution in [1.82, 2.24) is 15.5 Å². The Bertz CT molecular complexity index is 1040. The lowest BCUT2D eigenvalue weighted by molar-refractivity contribution is -0.121. The molecule has 2 heterocycles. The van der Waals surface area contributed by atoms with Gasteiger partial charge in [-0.3, -0.25) is 34.7 Å². The Kier molecular flexibility index (Phi) is 5.01. The number of aliphatic imine (C=N–C) groups is 1. The van der Waals surface area contributed by atoms with Crippen LogP contribution in [0.15, 0.2) is 53.5 Å². The smallest absolute Gasteiger partial charge is 0.262 e. The number of carbonyl (C=O) groups excluding carboxylic acids is 4. The summed E-state index contributed by atoms with van der Waals surface area (Å²) in [6.45, 7) is -0.478. The Morgan fingerprint density at radius 1 is 1.10 bits per heavy atom. The minimum atomic E-state index is -0.640. The minimum Gasteiger partial charge on any atom is -0.497 e. The number of fused-ring (bicyclic) bond motifs is 1. The van der Waals surface area contributed by atoms with E-state index < -0.39 is 30.3 Å². The van der Waals surface area contributed by atoms with E-state index in [1.807, 2.05) is 0 Å². The second-order valence-electron chi connectivity index (χ2n) is 6.81. The quantitative estimate of drug-likeness (QED) is 0.736. The normalized spacial score (nSPS) is 17.9. The van der Waals surface area contributed by atoms with Gasteiger partial charge in [-0.2, -0.15) is 0 Å². The van der Waals surface area contributed by atoms with Crippen LogP contribution >= 0.6 is 0 Å². The molecule has 0 saturated carbocycles. The zero-order chi connectivity index (χ0) is 21.3. The van der Waals surface area contributed by atoms with Crippen molar-refractivity contribution in [2.24, 2.45) is 4.99 Å². The Balaban J connectivity index is 1.46. The first-order valence-electron chi connectivity index (χ1n) is 9.23. The maximum atomic E-state index is 12.4. The van der Waals surface area contributed by atoms with Crippen LogP contribution in [0.25, 0.3) is 0 Å². The summed E-state index contributed by atoms with van der Waals surface area (Å²) in [5, 5.41) is 4.97. The fourth-order valence-electron chi connectivity index (χ4n) is 3.37. The third kappa shape index (κ3) is 3.64. The second-order valence-corrected chi connectivity index (χ2v) is 6.81. The first kappa shape index (κ1) is 19.3. The van der Waals surface area contributed by atoms with Crippen LogP contribution < -0.4 is 15.4 Å². The molecule has 0 aromatic heterocycles. The number of methoxy groups -OCH3 is 1. The monoisotopic (exact) mass is 406 g/mol. The molecule has 9 nitrogen and oxygen atoms in total. The summed E-state index contributed by atoms with van der Waals surface area (Å²) in [6, 6.07) is 13.0. The summed E-state index contributed by atoms with van der Waals surface area (Å²) in [4.78, 5) is 54.5. The topological polar surface area (TPSA) is 117 Å². The van der Waals surface area contributed by atoms with E-state index >= 15 is 0 Å². The largest absolute Gasteiger partial charge is 0.497 e. The predicted octanol–water partition coefficient (Wildman–Crippen LogP) is 1.02. The first-order valence-corrected chi connectivity index (χ1v) is 9.23. The van der Waals surface area contributed by atoms with Crippen molar-refractivity contribution in [3.63, 3.8) is 0 Å². The maximum absolute atomic E-state index is 12.4. The number of amides is 4. The van der Waals surface area contributed by atoms with Crippen molar-refractivity contribution in [2.45, 2.75) is 12.5 Å². The van der Waals surface area contributed by atoms with E-state index in [0.717, 1.165) is 10.5 Å². The highest BCUT2D eigenvalue weighted by atomic mass is 16.5. The van der Waals surface area contributed by atoms with Gasteiger partial charge < -0.3 is 4.74 Å². The van der Waals surface area contributed by atoms with Crippen molar-refractivity contribution in [3.05, 3.63) is 65.2 Å². The summed E-state index contributed by atoms with van der Waals surface area (Å²) in [5.41, 5.74) is 1.31. The fourth-order valence-corrected chi connectivity index (χ4v) is 3.37. The van der Waals surface area contributed by atoms with Gasteiger partial charge in [0.15, 0.2) is 0 Å². The average Bonchev–Trinajstić information content (AvgIpc) is 2.98. The zero-order valence-electron chi connectivity index (χ0n) is 16.0. The first-order chi connectivity index (χ1) is 14.5. The number of ether oxygens (including phenoxy) is 1. The van der Waals surface area contributed by atoms with E-state index in [1.54, 1.807) is 55.6 Å². The highest BCUT2D eigenvalue weighted by Crippen LogP contribution is 2.25. The summed E-state index contributed by atoms with van der Waals surface area (Å²) >= 11 is 0. The molecule has 2 N–H and O–H groups in total. The third-order valence-corrected chi connectivity index (χ3v) is 4.86. The van der Waals surface area contributed by atoms with Crippen LogP contribution in [0.4, 0.5) is 0 Å². The van der Waals surface area contributed by atoms with Crippen molar-refractivity contribution in [3.8, 4) is 5.75 Å². The molecule has 2 aromatic rings. The molecule has 1 atom stereocenters. The molecule has 4 rings (SSSR count). The van der Waals surface area contributed by atoms with Crippen molar-refractivity contribution in [2.75, 3.05) is 13.7 Å². The van der Waals surface area contributed by atoms with Gasteiger partial charge in [-0.15, -0.1) is 0 Å². The molecule has 0 aliphatic carbocycles. The molecule has 30 heavy (non-hydrogen) atoms. The summed E-state index contributed by atoms with van der Waals surface area (Å²) < 4.78 is 5.12. The molecule has 0 radical (unpaired) electrons. The minimum absolute atomic E-state index is 0.0197. The molecule has 0 spiro atoms. The van der Waals surface area contributed by atoms with Gasteiger partial charge in [0.1, 0.15) is 12.3 Å². The molecule has 2 aromatic carbocycles. The summed E-state index contributed by atoms with van der Waals surface area (Å²) in [7, 11) is 1.56. The number of guanidine groups is 1. The Morgan fingerprint density at radius 2 is 1.73 bits per heavy atom. The third-order valence-electron chi connectivity index (χ3n) is 4.86. The van der Waals surface area contributed by atoms with Crippen molar-refractivity contribution >= 4 is 29.6 Å². The van der Waals surface area contributed by atoms with Gasteiger partial charge in [0.05, 0.1) is 30.7 Å². The van der Waals surface area contributed by atoms with E-state index in [2.05, 4.69) is 15.6 Å². The van der Waals surface area contributed by atoms with E-state index in [-0.39, 0.29) is 29.4 Å². The number of nitrogens with zero attached hydrogens (tertiary/aromatic N) is 2. The van der Waals surface area contributed by atoms with Crippen molar-refractivity contribution in [1.29, 1.82) is 0 Å². The van der Waals surface area contributed by atoms with Crippen LogP contribution in [0.1, 0.15) is 38.7 Å². The molecule has 4 amide bonds. The van der Waals surface area contributed by atoms with Gasteiger partial charge in [0.2, 0.25) is 17.8 Å². The SMILES string of the molecule is COc1ccc([C@H]2CC(=O)NC(NC(=O)CN3C(=O)c4ccccc4C3=O)=N2)cc1. The van der Waals surface area contributed by atoms with Crippen LogP contribution in [0.3, 0.4) is 0 Å². The van der Waals surface area contributed by atoms with Gasteiger partial charge in [-0.05, 0) is 29.8 Å². The number of nitrogens with one attached hydrogen (secondary N) is 2. The molecule has 0 bridgehead atoms. The summed E-state index contributed by atoms with van der Waals surface area (Å²) in [6.07, 6.45) is 0.129. The molecule has 0 saturated heterocycles. The molecule has 152 valence electrons. The molecule has 9 heteroatoms. The lowest BCUT2D eigenvalue weighted by Gasteiger charge is -2.22. The van der Waals surface area contributed by atoms with E-state index in [4.69, 9.17) is 4.74 Å². The van der Waals surface area contributed by atoms with E-state index in [9.17, 15) is 19.2 Å². The van der Waals surface area contributed by atoms with Crippen LogP contribution in [0.5, 0.6) is 5.75 Å². The standard InChI is InChI=1S/C21H18N4O5/c1-30-13-8-6-12(7-9-13)16-10-17(26)23-21(22-16)24-18(27)11-25-19(28)14-4-2-3-5-15(14)20(25)29/h2-9,16H,10-11H2,1H3,(H2,22,23,24,26,27)/t16-/m1/s1. The lowest BCUT2D eigenvalue weighted by Crippen LogP contribution is -2.50. The number of carbonyl (C=O) groups is 4. The van der Waals surface area contributed by atoms with Gasteiger partial charge in [0, 0.05) is 0 Å². The van der Waals surface area contributed by atoms with Gasteiger partial charge in [-0.1, -0.05) is 24.3 Å². The van der Waals surface area contributed by atoms with E-state index in [1.165, 1.54) is 0 Å². The fraction of sp³-hybridized carbons (Fsp3) is 0.190. The highest BCUT2D eigenvalue weighted by molar-refractivity contribution is 6.22. The molecule has 2 aliphatic heterocycles. The highest BCUT2D eigenvalue weighted by Gasteiger charge is 2.36. The average molecular weight is 406 g/mol. The molecule has 0 fully saturated rings. The second kappa shape index (κ2) is 7.78. The summed E-state index contributed by atoms with van der Waals surface area (Å²) in [5.74, 6) is -1.35. The number of benzene rings is 2. The Morgan fingerprint density at radius 3 is 2.33 bits per heavy atom. The van der Waals surface area contributed by atoms with Crippen LogP contribution in [-0.4, -0.2) is 48.1 Å². The van der Waals surface area contributed by atoms with Gasteiger partial charge in [-0.25, -0.2) is 4.99 Å². The molecular weight excluding hydrogens is 388 g/mol. The number of rotatable bonds is 4. The maximum Gasteiger partial charge on any atom is 0.262 e. The van der Waals surface area contributed by atoms with Crippen LogP contribution in [-0.2, 0) is 9.59 Å². The van der Waals surface area contributed by atoms with Crippen LogP contribution in [0, 0.1) is 0 Å². The Labute approximate surface area is 171 Å². The van der Waals surface area contributed by atoms with E-state index in [0.29, 0.717) is 5.75 Å². The Hall–Kier alpha value is -4.01. The van der Waals surface area contributed by atoms with Gasteiger partial charge in [0.25, 0.3) is 11.8 Å². The molecule has 2 aliphatic rings. The number of imide groups is 1. The van der Waals surface area contributed by atoms with Crippen LogP contribution in [0.2, 0.25) is 0 Å². The predicted molar refractivity (Wildman–Crippen MR) is 106 cm³/mol. The van der Waals surface area contributed by atoms with Gasteiger partial charge >= 0.3 is 0 Å².